The van der Waals surface area contributed by atoms with Gasteiger partial charge in [-0.2, -0.15) is 0 Å². The molecule has 0 fully saturated rings. The first-order valence-corrected chi connectivity index (χ1v) is 12.7. The van der Waals surface area contributed by atoms with E-state index < -0.39 is 0 Å². The van der Waals surface area contributed by atoms with Crippen molar-refractivity contribution in [2.45, 2.75) is 103 Å². The van der Waals surface area contributed by atoms with Gasteiger partial charge in [-0.15, -0.1) is 11.6 Å². The molecule has 0 aliphatic heterocycles. The Labute approximate surface area is 186 Å². The van der Waals surface area contributed by atoms with E-state index in [1.165, 1.54) is 95.5 Å². The second kappa shape index (κ2) is 20.3. The number of hydrogen-bond donors (Lipinski definition) is 0. The lowest BCUT2D eigenvalue weighted by Gasteiger charge is -2.19. The minimum atomic E-state index is 0.429. The minimum Gasteiger partial charge on any atom is -0.288 e. The van der Waals surface area contributed by atoms with Crippen molar-refractivity contribution in [3.8, 4) is 11.8 Å². The summed E-state index contributed by atoms with van der Waals surface area (Å²) in [6.07, 6.45) is 19.7. The topological polar surface area (TPSA) is 3.24 Å². The molecule has 0 unspecified atom stereocenters. The molecule has 2 heteroatoms. The second-order valence-electron chi connectivity index (χ2n) is 8.28. The van der Waals surface area contributed by atoms with Gasteiger partial charge in [-0.25, -0.2) is 0 Å². The molecule has 1 nitrogen and oxygen atoms in total. The van der Waals surface area contributed by atoms with Crippen LogP contribution in [0.1, 0.15) is 102 Å². The predicted octanol–water partition coefficient (Wildman–Crippen LogP) is 8.21. The third-order valence-electron chi connectivity index (χ3n) is 5.57. The third-order valence-corrected chi connectivity index (χ3v) is 5.71. The monoisotopic (exact) mass is 417 g/mol. The Kier molecular flexibility index (Phi) is 18.3. The van der Waals surface area contributed by atoms with Crippen LogP contribution in [0.25, 0.3) is 0 Å². The normalized spacial score (nSPS) is 10.9. The highest BCUT2D eigenvalue weighted by atomic mass is 35.5. The molecule has 0 spiro atoms. The van der Waals surface area contributed by atoms with Gasteiger partial charge in [0, 0.05) is 6.54 Å². The molecule has 1 rings (SSSR count). The summed E-state index contributed by atoms with van der Waals surface area (Å²) in [4.78, 5) is 2.45. The average Bonchev–Trinajstić information content (AvgIpc) is 2.74. The molecule has 0 bridgehead atoms. The zero-order valence-corrected chi connectivity index (χ0v) is 19.7. The van der Waals surface area contributed by atoms with Gasteiger partial charge < -0.3 is 0 Å². The predicted molar refractivity (Wildman–Crippen MR) is 131 cm³/mol. The molecular formula is C27H44ClN. The van der Waals surface area contributed by atoms with E-state index in [9.17, 15) is 0 Å². The van der Waals surface area contributed by atoms with Gasteiger partial charge in [0.05, 0.1) is 12.4 Å². The first kappa shape index (κ1) is 26.1. The fraction of sp³-hybridized carbons (Fsp3) is 0.704. The molecule has 0 radical (unpaired) electrons. The molecule has 1 aromatic rings. The lowest BCUT2D eigenvalue weighted by atomic mass is 10.0. The van der Waals surface area contributed by atoms with E-state index in [1.807, 2.05) is 0 Å². The van der Waals surface area contributed by atoms with Crippen molar-refractivity contribution in [2.24, 2.45) is 0 Å². The summed E-state index contributed by atoms with van der Waals surface area (Å²) < 4.78 is 0. The van der Waals surface area contributed by atoms with E-state index in [4.69, 9.17) is 11.6 Å². The summed E-state index contributed by atoms with van der Waals surface area (Å²) in [5.74, 6) is 6.62. The molecule has 0 aliphatic carbocycles. The van der Waals surface area contributed by atoms with Crippen LogP contribution in [0.2, 0.25) is 0 Å². The Morgan fingerprint density at radius 3 is 1.72 bits per heavy atom. The van der Waals surface area contributed by atoms with Crippen LogP contribution in [-0.2, 0) is 6.54 Å². The van der Waals surface area contributed by atoms with Crippen LogP contribution in [-0.4, -0.2) is 23.9 Å². The first-order valence-electron chi connectivity index (χ1n) is 12.1. The van der Waals surface area contributed by atoms with Gasteiger partial charge in [0.2, 0.25) is 0 Å². The van der Waals surface area contributed by atoms with Crippen molar-refractivity contribution in [2.75, 3.05) is 19.0 Å². The maximum atomic E-state index is 5.69. The quantitative estimate of drug-likeness (QED) is 0.132. The summed E-state index contributed by atoms with van der Waals surface area (Å²) in [7, 11) is 0. The van der Waals surface area contributed by atoms with Gasteiger partial charge in [-0.1, -0.05) is 133 Å². The van der Waals surface area contributed by atoms with Gasteiger partial charge >= 0.3 is 0 Å². The summed E-state index contributed by atoms with van der Waals surface area (Å²) in [5.41, 5.74) is 1.37. The van der Waals surface area contributed by atoms with Crippen LogP contribution in [0.5, 0.6) is 0 Å². The molecule has 0 aromatic heterocycles. The fourth-order valence-corrected chi connectivity index (χ4v) is 3.90. The maximum absolute atomic E-state index is 5.69. The smallest absolute Gasteiger partial charge is 0.0835 e. The van der Waals surface area contributed by atoms with Crippen molar-refractivity contribution in [1.29, 1.82) is 0 Å². The van der Waals surface area contributed by atoms with Gasteiger partial charge in [0.15, 0.2) is 0 Å². The average molecular weight is 418 g/mol. The molecule has 0 saturated heterocycles. The first-order chi connectivity index (χ1) is 14.4. The molecule has 0 saturated carbocycles. The summed E-state index contributed by atoms with van der Waals surface area (Å²) >= 11 is 5.69. The highest BCUT2D eigenvalue weighted by Gasteiger charge is 2.04. The third kappa shape index (κ3) is 16.5. The van der Waals surface area contributed by atoms with Crippen molar-refractivity contribution in [3.63, 3.8) is 0 Å². The standard InChI is InChI=1S/C27H44ClN/c1-2-3-4-5-6-7-8-9-10-11-12-13-14-19-24-29(25-20-18-23-28)26-27-21-16-15-17-22-27/h15-17,21-22H,2-14,19,23-26H2,1H3. The van der Waals surface area contributed by atoms with Gasteiger partial charge in [0.25, 0.3) is 0 Å². The Morgan fingerprint density at radius 2 is 1.21 bits per heavy atom. The molecule has 1 aromatic carbocycles. The number of halogens is 1. The van der Waals surface area contributed by atoms with E-state index in [0.717, 1.165) is 19.6 Å². The molecule has 0 heterocycles. The van der Waals surface area contributed by atoms with E-state index in [1.54, 1.807) is 0 Å². The van der Waals surface area contributed by atoms with Crippen LogP contribution in [0.15, 0.2) is 30.3 Å². The van der Waals surface area contributed by atoms with E-state index in [-0.39, 0.29) is 0 Å². The number of hydrogen-bond acceptors (Lipinski definition) is 1. The lowest BCUT2D eigenvalue weighted by Crippen LogP contribution is -2.25. The van der Waals surface area contributed by atoms with Crippen LogP contribution >= 0.6 is 11.6 Å². The zero-order valence-electron chi connectivity index (χ0n) is 18.9. The lowest BCUT2D eigenvalue weighted by molar-refractivity contribution is 0.290. The zero-order chi connectivity index (χ0) is 20.8. The Hall–Kier alpha value is -0.970. The summed E-state index contributed by atoms with van der Waals surface area (Å²) in [6.45, 7) is 5.22. The number of rotatable bonds is 18. The number of alkyl halides is 1. The van der Waals surface area contributed by atoms with Crippen LogP contribution in [0.3, 0.4) is 0 Å². The molecule has 164 valence electrons. The van der Waals surface area contributed by atoms with Crippen molar-refractivity contribution < 1.29 is 0 Å². The van der Waals surface area contributed by atoms with E-state index >= 15 is 0 Å². The van der Waals surface area contributed by atoms with Gasteiger partial charge in [-0.05, 0) is 18.5 Å². The number of unbranched alkanes of at least 4 members (excludes halogenated alkanes) is 13. The van der Waals surface area contributed by atoms with Crippen molar-refractivity contribution >= 4 is 11.6 Å². The molecule has 0 amide bonds. The number of nitrogens with zero attached hydrogens (tertiary/aromatic N) is 1. The van der Waals surface area contributed by atoms with Crippen LogP contribution < -0.4 is 0 Å². The van der Waals surface area contributed by atoms with Gasteiger partial charge in [-0.3, -0.25) is 4.90 Å². The van der Waals surface area contributed by atoms with Crippen molar-refractivity contribution in [1.82, 2.24) is 4.90 Å². The number of benzene rings is 1. The van der Waals surface area contributed by atoms with E-state index in [0.29, 0.717) is 5.88 Å². The Balaban J connectivity index is 2.01. The highest BCUT2D eigenvalue weighted by Crippen LogP contribution is 2.13. The maximum Gasteiger partial charge on any atom is 0.0835 e. The Bertz CT molecular complexity index is 516. The largest absolute Gasteiger partial charge is 0.288 e. The summed E-state index contributed by atoms with van der Waals surface area (Å²) in [5, 5.41) is 0. The SMILES string of the molecule is CCCCCCCCCCCCCCCCN(CC#CCCl)Cc1ccccc1. The molecule has 0 N–H and O–H groups in total. The van der Waals surface area contributed by atoms with E-state index in [2.05, 4.69) is 54.0 Å². The highest BCUT2D eigenvalue weighted by molar-refractivity contribution is 6.19. The summed E-state index contributed by atoms with van der Waals surface area (Å²) in [6, 6.07) is 10.7. The Morgan fingerprint density at radius 1 is 0.690 bits per heavy atom. The van der Waals surface area contributed by atoms with Gasteiger partial charge in [0.1, 0.15) is 0 Å². The molecule has 0 atom stereocenters. The molecular weight excluding hydrogens is 374 g/mol. The van der Waals surface area contributed by atoms with Crippen LogP contribution in [0, 0.1) is 11.8 Å². The van der Waals surface area contributed by atoms with Crippen molar-refractivity contribution in [3.05, 3.63) is 35.9 Å². The second-order valence-corrected chi connectivity index (χ2v) is 8.55. The van der Waals surface area contributed by atoms with Crippen LogP contribution in [0.4, 0.5) is 0 Å². The minimum absolute atomic E-state index is 0.429. The molecule has 0 aliphatic rings. The fourth-order valence-electron chi connectivity index (χ4n) is 3.80. The molecule has 29 heavy (non-hydrogen) atoms.